The lowest BCUT2D eigenvalue weighted by atomic mass is 10.00. The summed E-state index contributed by atoms with van der Waals surface area (Å²) >= 11 is 0. The number of hydrogen-bond donors (Lipinski definition) is 1. The van der Waals surface area contributed by atoms with Gasteiger partial charge in [-0.2, -0.15) is 0 Å². The fraction of sp³-hybridized carbons (Fsp3) is 0.316. The molecule has 0 saturated heterocycles. The molecule has 118 valence electrons. The van der Waals surface area contributed by atoms with Crippen LogP contribution in [0, 0.1) is 0 Å². The van der Waals surface area contributed by atoms with Crippen LogP contribution in [0.5, 0.6) is 0 Å². The van der Waals surface area contributed by atoms with E-state index in [1.807, 2.05) is 48.5 Å². The molecule has 0 fully saturated rings. The van der Waals surface area contributed by atoms with Crippen LogP contribution >= 0.6 is 0 Å². The van der Waals surface area contributed by atoms with Gasteiger partial charge in [0.2, 0.25) is 0 Å². The Morgan fingerprint density at radius 3 is 2.00 bits per heavy atom. The van der Waals surface area contributed by atoms with Gasteiger partial charge in [-0.15, -0.1) is 0 Å². The molecule has 0 aliphatic rings. The third-order valence-electron chi connectivity index (χ3n) is 3.15. The zero-order valence-corrected chi connectivity index (χ0v) is 13.2. The molecule has 0 aliphatic heterocycles. The molecule has 0 heterocycles. The Bertz CT molecular complexity index is 521. The first-order valence-corrected chi connectivity index (χ1v) is 7.52. The van der Waals surface area contributed by atoms with Gasteiger partial charge in [-0.25, -0.2) is 0 Å². The molecule has 0 aliphatic carbocycles. The van der Waals surface area contributed by atoms with Crippen molar-refractivity contribution in [2.45, 2.75) is 25.9 Å². The monoisotopic (exact) mass is 300 g/mol. The van der Waals surface area contributed by atoms with E-state index < -0.39 is 6.10 Å². The summed E-state index contributed by atoms with van der Waals surface area (Å²) in [5, 5.41) is 8.07. The second-order valence-electron chi connectivity index (χ2n) is 4.83. The molecule has 1 unspecified atom stereocenters. The zero-order valence-electron chi connectivity index (χ0n) is 13.2. The number of ketones is 1. The molecule has 2 rings (SSSR count). The molecule has 0 radical (unpaired) electrons. The van der Waals surface area contributed by atoms with E-state index in [2.05, 4.69) is 6.92 Å². The van der Waals surface area contributed by atoms with Crippen molar-refractivity contribution in [2.24, 2.45) is 0 Å². The summed E-state index contributed by atoms with van der Waals surface area (Å²) in [4.78, 5) is 12.3. The van der Waals surface area contributed by atoms with Crippen LogP contribution in [0.2, 0.25) is 0 Å². The molecule has 0 aromatic heterocycles. The van der Waals surface area contributed by atoms with Crippen molar-refractivity contribution in [3.8, 4) is 0 Å². The highest BCUT2D eigenvalue weighted by Crippen LogP contribution is 2.21. The third-order valence-corrected chi connectivity index (χ3v) is 3.15. The van der Waals surface area contributed by atoms with Crippen LogP contribution in [0.4, 0.5) is 0 Å². The summed E-state index contributed by atoms with van der Waals surface area (Å²) < 4.78 is 5.30. The van der Waals surface area contributed by atoms with Gasteiger partial charge in [0.05, 0.1) is 0 Å². The van der Waals surface area contributed by atoms with E-state index >= 15 is 0 Å². The van der Waals surface area contributed by atoms with Crippen molar-refractivity contribution < 1.29 is 14.6 Å². The Kier molecular flexibility index (Phi) is 8.80. The maximum atomic E-state index is 12.3. The second-order valence-corrected chi connectivity index (χ2v) is 4.83. The van der Waals surface area contributed by atoms with Gasteiger partial charge in [0.25, 0.3) is 0 Å². The second kappa shape index (κ2) is 10.7. The van der Waals surface area contributed by atoms with E-state index in [1.54, 1.807) is 19.2 Å². The Morgan fingerprint density at radius 2 is 1.59 bits per heavy atom. The molecule has 1 atom stereocenters. The fourth-order valence-electron chi connectivity index (χ4n) is 1.93. The van der Waals surface area contributed by atoms with Gasteiger partial charge in [0, 0.05) is 19.3 Å². The Hall–Kier alpha value is -1.97. The zero-order chi connectivity index (χ0) is 16.2. The number of Topliss-reactive ketones (excluding diaryl/α,β-unsaturated/α-hetero) is 1. The van der Waals surface area contributed by atoms with Crippen molar-refractivity contribution in [1.29, 1.82) is 0 Å². The van der Waals surface area contributed by atoms with Crippen LogP contribution < -0.4 is 0 Å². The van der Waals surface area contributed by atoms with Crippen molar-refractivity contribution in [3.05, 3.63) is 71.8 Å². The van der Waals surface area contributed by atoms with Crippen molar-refractivity contribution in [1.82, 2.24) is 0 Å². The first kappa shape index (κ1) is 18.1. The predicted octanol–water partition coefficient (Wildman–Crippen LogP) is 4.04. The van der Waals surface area contributed by atoms with E-state index in [0.29, 0.717) is 12.2 Å². The lowest BCUT2D eigenvalue weighted by Crippen LogP contribution is -2.14. The Labute approximate surface area is 132 Å². The van der Waals surface area contributed by atoms with E-state index in [0.717, 1.165) is 18.4 Å². The van der Waals surface area contributed by atoms with Crippen LogP contribution in [0.15, 0.2) is 60.7 Å². The molecule has 2 aromatic carbocycles. The predicted molar refractivity (Wildman–Crippen MR) is 89.0 cm³/mol. The molecule has 1 N–H and O–H groups in total. The lowest BCUT2D eigenvalue weighted by Gasteiger charge is -2.14. The van der Waals surface area contributed by atoms with Crippen molar-refractivity contribution >= 4 is 5.78 Å². The molecule has 0 saturated carbocycles. The highest BCUT2D eigenvalue weighted by molar-refractivity contribution is 6.00. The summed E-state index contributed by atoms with van der Waals surface area (Å²) in [5.74, 6) is -0.0145. The normalized spacial score (nSPS) is 11.2. The van der Waals surface area contributed by atoms with Crippen LogP contribution in [0.25, 0.3) is 0 Å². The number of ether oxygens (including phenoxy) is 1. The number of carbonyl (C=O) groups is 1. The molecule has 0 bridgehead atoms. The molecule has 2 aromatic rings. The number of aliphatic hydroxyl groups excluding tert-OH is 1. The van der Waals surface area contributed by atoms with Gasteiger partial charge in [0.1, 0.15) is 6.10 Å². The van der Waals surface area contributed by atoms with Gasteiger partial charge in [-0.3, -0.25) is 4.79 Å². The van der Waals surface area contributed by atoms with Crippen molar-refractivity contribution in [2.75, 3.05) is 13.7 Å². The van der Waals surface area contributed by atoms with Gasteiger partial charge in [-0.1, -0.05) is 74.0 Å². The highest BCUT2D eigenvalue weighted by Gasteiger charge is 2.20. The summed E-state index contributed by atoms with van der Waals surface area (Å²) in [6.07, 6.45) is 1.51. The van der Waals surface area contributed by atoms with Gasteiger partial charge in [-0.05, 0) is 12.0 Å². The minimum Gasteiger partial charge on any atom is -0.396 e. The molecule has 3 heteroatoms. The number of benzene rings is 2. The number of rotatable bonds is 6. The quantitative estimate of drug-likeness (QED) is 0.819. The molecular weight excluding hydrogens is 276 g/mol. The maximum absolute atomic E-state index is 12.3. The highest BCUT2D eigenvalue weighted by atomic mass is 16.5. The number of unbranched alkanes of at least 4 members (excludes halogenated alkanes) is 1. The molecule has 0 amide bonds. The average Bonchev–Trinajstić information content (AvgIpc) is 2.58. The summed E-state index contributed by atoms with van der Waals surface area (Å²) in [6.45, 7) is 2.40. The smallest absolute Gasteiger partial charge is 0.196 e. The van der Waals surface area contributed by atoms with Crippen LogP contribution in [0.3, 0.4) is 0 Å². The van der Waals surface area contributed by atoms with E-state index in [-0.39, 0.29) is 5.78 Å². The minimum absolute atomic E-state index is 0.0145. The first-order chi connectivity index (χ1) is 10.7. The Morgan fingerprint density at radius 1 is 1.05 bits per heavy atom. The number of hydrogen-bond acceptors (Lipinski definition) is 3. The summed E-state index contributed by atoms with van der Waals surface area (Å²) in [7, 11) is 1.55. The number of aliphatic hydroxyl groups is 1. The van der Waals surface area contributed by atoms with Crippen molar-refractivity contribution in [3.63, 3.8) is 0 Å². The molecule has 3 nitrogen and oxygen atoms in total. The third kappa shape index (κ3) is 5.80. The number of methoxy groups -OCH3 is 1. The minimum atomic E-state index is -0.529. The van der Waals surface area contributed by atoms with E-state index in [9.17, 15) is 4.79 Å². The lowest BCUT2D eigenvalue weighted by molar-refractivity contribution is 0.0604. The molecule has 22 heavy (non-hydrogen) atoms. The molecule has 0 spiro atoms. The van der Waals surface area contributed by atoms with Gasteiger partial charge >= 0.3 is 0 Å². The van der Waals surface area contributed by atoms with Gasteiger partial charge < -0.3 is 9.84 Å². The topological polar surface area (TPSA) is 46.5 Å². The SMILES string of the molecule is CCCCO.COC(C(=O)c1ccccc1)c1ccccc1. The Balaban J connectivity index is 0.000000422. The van der Waals surface area contributed by atoms with Crippen LogP contribution in [0.1, 0.15) is 41.8 Å². The van der Waals surface area contributed by atoms with E-state index in [1.165, 1.54) is 0 Å². The standard InChI is InChI=1S/C15H14O2.C4H10O/c1-17-15(13-10-6-3-7-11-13)14(16)12-8-4-2-5-9-12;1-2-3-4-5/h2-11,15H,1H3;5H,2-4H2,1H3. The average molecular weight is 300 g/mol. The van der Waals surface area contributed by atoms with Crippen LogP contribution in [-0.4, -0.2) is 24.6 Å². The summed E-state index contributed by atoms with van der Waals surface area (Å²) in [6, 6.07) is 18.7. The summed E-state index contributed by atoms with van der Waals surface area (Å²) in [5.41, 5.74) is 1.55. The van der Waals surface area contributed by atoms with Crippen LogP contribution in [-0.2, 0) is 4.74 Å². The van der Waals surface area contributed by atoms with Gasteiger partial charge in [0.15, 0.2) is 5.78 Å². The number of carbonyl (C=O) groups excluding carboxylic acids is 1. The largest absolute Gasteiger partial charge is 0.396 e. The first-order valence-electron chi connectivity index (χ1n) is 7.52. The fourth-order valence-corrected chi connectivity index (χ4v) is 1.93. The molecular formula is C19H24O3. The van der Waals surface area contributed by atoms with E-state index in [4.69, 9.17) is 9.84 Å². The maximum Gasteiger partial charge on any atom is 0.196 e.